The van der Waals surface area contributed by atoms with E-state index >= 15 is 0 Å². The van der Waals surface area contributed by atoms with E-state index in [1.165, 1.54) is 12.8 Å². The zero-order valence-corrected chi connectivity index (χ0v) is 13.7. The lowest BCUT2D eigenvalue weighted by Gasteiger charge is -2.21. The Labute approximate surface area is 131 Å². The van der Waals surface area contributed by atoms with Crippen molar-refractivity contribution in [2.24, 2.45) is 0 Å². The number of fused-ring (bicyclic) bond motifs is 1. The number of carbonyl (C=O) groups is 1. The van der Waals surface area contributed by atoms with Gasteiger partial charge in [-0.15, -0.1) is 0 Å². The van der Waals surface area contributed by atoms with Gasteiger partial charge in [0.1, 0.15) is 0 Å². The molecule has 3 rings (SSSR count). The molecule has 0 N–H and O–H groups in total. The molecule has 0 saturated carbocycles. The molecular formula is C17H24N4O. The highest BCUT2D eigenvalue weighted by molar-refractivity contribution is 5.98. The van der Waals surface area contributed by atoms with Crippen molar-refractivity contribution in [1.29, 1.82) is 0 Å². The van der Waals surface area contributed by atoms with E-state index in [1.807, 2.05) is 22.6 Å². The first kappa shape index (κ1) is 15.0. The Balaban J connectivity index is 1.96. The highest BCUT2D eigenvalue weighted by Crippen LogP contribution is 2.21. The van der Waals surface area contributed by atoms with Crippen molar-refractivity contribution in [3.63, 3.8) is 0 Å². The number of nitrogens with zero attached hydrogens (tertiary/aromatic N) is 4. The second kappa shape index (κ2) is 6.07. The minimum Gasteiger partial charge on any atom is -0.339 e. The summed E-state index contributed by atoms with van der Waals surface area (Å²) in [6, 6.07) is 2.22. The Hall–Kier alpha value is -1.91. The van der Waals surface area contributed by atoms with E-state index < -0.39 is 0 Å². The highest BCUT2D eigenvalue weighted by Gasteiger charge is 2.21. The van der Waals surface area contributed by atoms with Crippen molar-refractivity contribution in [3.8, 4) is 0 Å². The van der Waals surface area contributed by atoms with Gasteiger partial charge in [0.15, 0.2) is 5.65 Å². The summed E-state index contributed by atoms with van der Waals surface area (Å²) in [6.07, 6.45) is 6.46. The van der Waals surface area contributed by atoms with Gasteiger partial charge in [-0.25, -0.2) is 9.67 Å². The summed E-state index contributed by atoms with van der Waals surface area (Å²) in [5, 5.41) is 5.34. The number of pyridine rings is 1. The molecule has 2 aromatic heterocycles. The largest absolute Gasteiger partial charge is 0.339 e. The van der Waals surface area contributed by atoms with Crippen LogP contribution in [0.5, 0.6) is 0 Å². The summed E-state index contributed by atoms with van der Waals surface area (Å²) in [6.45, 7) is 7.81. The van der Waals surface area contributed by atoms with Crippen LogP contribution in [0, 0.1) is 6.92 Å². The van der Waals surface area contributed by atoms with Crippen molar-refractivity contribution < 1.29 is 4.79 Å². The van der Waals surface area contributed by atoms with Crippen molar-refractivity contribution in [2.75, 3.05) is 13.1 Å². The number of likely N-dealkylation sites (tertiary alicyclic amines) is 1. The van der Waals surface area contributed by atoms with Crippen LogP contribution in [0.1, 0.15) is 61.6 Å². The summed E-state index contributed by atoms with van der Waals surface area (Å²) in [7, 11) is 0. The van der Waals surface area contributed by atoms with Gasteiger partial charge in [0.05, 0.1) is 17.5 Å². The standard InChI is InChI=1S/C17H24N4O/c1-12(2)21-16-14(11-18-21)10-15(13(3)19-16)17(22)20-8-6-4-5-7-9-20/h10-12H,4-9H2,1-3H3. The Morgan fingerprint density at radius 1 is 1.18 bits per heavy atom. The van der Waals surface area contributed by atoms with E-state index in [9.17, 15) is 4.79 Å². The van der Waals surface area contributed by atoms with Crippen LogP contribution in [0.4, 0.5) is 0 Å². The first-order chi connectivity index (χ1) is 10.6. The van der Waals surface area contributed by atoms with Gasteiger partial charge < -0.3 is 4.90 Å². The van der Waals surface area contributed by atoms with Crippen molar-refractivity contribution >= 4 is 16.9 Å². The molecule has 0 atom stereocenters. The molecule has 1 aliphatic rings. The van der Waals surface area contributed by atoms with Crippen LogP contribution >= 0.6 is 0 Å². The van der Waals surface area contributed by atoms with E-state index in [1.54, 1.807) is 6.20 Å². The first-order valence-electron chi connectivity index (χ1n) is 8.22. The van der Waals surface area contributed by atoms with Gasteiger partial charge in [0.2, 0.25) is 0 Å². The van der Waals surface area contributed by atoms with Crippen LogP contribution in [0.2, 0.25) is 0 Å². The van der Waals surface area contributed by atoms with Crippen molar-refractivity contribution in [3.05, 3.63) is 23.5 Å². The molecule has 1 aliphatic heterocycles. The third-order valence-corrected chi connectivity index (χ3v) is 4.37. The fourth-order valence-electron chi connectivity index (χ4n) is 3.10. The quantitative estimate of drug-likeness (QED) is 0.854. The number of hydrogen-bond donors (Lipinski definition) is 0. The SMILES string of the molecule is Cc1nc2c(cnn2C(C)C)cc1C(=O)N1CCCCCC1. The third kappa shape index (κ3) is 2.72. The number of rotatable bonds is 2. The van der Waals surface area contributed by atoms with Crippen LogP contribution in [0.15, 0.2) is 12.3 Å². The minimum absolute atomic E-state index is 0.117. The maximum absolute atomic E-state index is 12.8. The summed E-state index contributed by atoms with van der Waals surface area (Å²) >= 11 is 0. The van der Waals surface area contributed by atoms with Crippen molar-refractivity contribution in [1.82, 2.24) is 19.7 Å². The molecule has 0 bridgehead atoms. The molecule has 22 heavy (non-hydrogen) atoms. The second-order valence-corrected chi connectivity index (χ2v) is 6.42. The Morgan fingerprint density at radius 3 is 2.50 bits per heavy atom. The molecule has 2 aromatic rings. The molecule has 0 aromatic carbocycles. The van der Waals surface area contributed by atoms with Gasteiger partial charge in [0, 0.05) is 24.5 Å². The average molecular weight is 300 g/mol. The molecule has 1 fully saturated rings. The second-order valence-electron chi connectivity index (χ2n) is 6.42. The number of hydrogen-bond acceptors (Lipinski definition) is 3. The molecule has 1 saturated heterocycles. The van der Waals surface area contributed by atoms with Crippen molar-refractivity contribution in [2.45, 2.75) is 52.5 Å². The molecule has 118 valence electrons. The third-order valence-electron chi connectivity index (χ3n) is 4.37. The van der Waals surface area contributed by atoms with Crippen LogP contribution in [0.25, 0.3) is 11.0 Å². The maximum Gasteiger partial charge on any atom is 0.255 e. The predicted octanol–water partition coefficient (Wildman–Crippen LogP) is 3.34. The molecule has 3 heterocycles. The monoisotopic (exact) mass is 300 g/mol. The van der Waals surface area contributed by atoms with E-state index in [2.05, 4.69) is 23.9 Å². The smallest absolute Gasteiger partial charge is 0.255 e. The lowest BCUT2D eigenvalue weighted by atomic mass is 10.1. The topological polar surface area (TPSA) is 51.0 Å². The first-order valence-corrected chi connectivity index (χ1v) is 8.22. The summed E-state index contributed by atoms with van der Waals surface area (Å²) in [5.41, 5.74) is 2.38. The summed E-state index contributed by atoms with van der Waals surface area (Å²) in [4.78, 5) is 19.4. The Morgan fingerprint density at radius 2 is 1.86 bits per heavy atom. The van der Waals surface area contributed by atoms with E-state index in [0.717, 1.165) is 48.2 Å². The lowest BCUT2D eigenvalue weighted by molar-refractivity contribution is 0.0760. The van der Waals surface area contributed by atoms with Gasteiger partial charge in [-0.2, -0.15) is 5.10 Å². The summed E-state index contributed by atoms with van der Waals surface area (Å²) in [5.74, 6) is 0.117. The molecule has 0 radical (unpaired) electrons. The average Bonchev–Trinajstić information content (AvgIpc) is 2.71. The van der Waals surface area contributed by atoms with Crippen LogP contribution < -0.4 is 0 Å². The number of aryl methyl sites for hydroxylation is 1. The van der Waals surface area contributed by atoms with Crippen LogP contribution in [0.3, 0.4) is 0 Å². The molecule has 0 spiro atoms. The fourth-order valence-corrected chi connectivity index (χ4v) is 3.10. The van der Waals surface area contributed by atoms with E-state index in [-0.39, 0.29) is 11.9 Å². The van der Waals surface area contributed by atoms with Gasteiger partial charge in [-0.05, 0) is 39.7 Å². The Bertz CT molecular complexity index is 681. The van der Waals surface area contributed by atoms with Gasteiger partial charge in [-0.3, -0.25) is 4.79 Å². The van der Waals surface area contributed by atoms with Gasteiger partial charge in [-0.1, -0.05) is 12.8 Å². The number of aromatic nitrogens is 3. The fraction of sp³-hybridized carbons (Fsp3) is 0.588. The summed E-state index contributed by atoms with van der Waals surface area (Å²) < 4.78 is 1.91. The number of amides is 1. The van der Waals surface area contributed by atoms with Gasteiger partial charge in [0.25, 0.3) is 5.91 Å². The van der Waals surface area contributed by atoms with Gasteiger partial charge >= 0.3 is 0 Å². The highest BCUT2D eigenvalue weighted by atomic mass is 16.2. The minimum atomic E-state index is 0.117. The maximum atomic E-state index is 12.8. The molecule has 5 nitrogen and oxygen atoms in total. The number of carbonyl (C=O) groups excluding carboxylic acids is 1. The molecule has 5 heteroatoms. The van der Waals surface area contributed by atoms with Crippen LogP contribution in [-0.4, -0.2) is 38.7 Å². The molecule has 1 amide bonds. The molecular weight excluding hydrogens is 276 g/mol. The zero-order chi connectivity index (χ0) is 15.7. The Kier molecular flexibility index (Phi) is 4.14. The molecule has 0 aliphatic carbocycles. The van der Waals surface area contributed by atoms with E-state index in [4.69, 9.17) is 0 Å². The zero-order valence-electron chi connectivity index (χ0n) is 13.7. The normalized spacial score (nSPS) is 16.3. The van der Waals surface area contributed by atoms with E-state index in [0.29, 0.717) is 0 Å². The lowest BCUT2D eigenvalue weighted by Crippen LogP contribution is -2.32. The molecule has 0 unspecified atom stereocenters. The van der Waals surface area contributed by atoms with Crippen LogP contribution in [-0.2, 0) is 0 Å². The predicted molar refractivity (Wildman–Crippen MR) is 87.0 cm³/mol.